The lowest BCUT2D eigenvalue weighted by Crippen LogP contribution is -2.25. The molecule has 0 saturated heterocycles. The van der Waals surface area contributed by atoms with Crippen molar-refractivity contribution in [3.63, 3.8) is 0 Å². The van der Waals surface area contributed by atoms with Crippen molar-refractivity contribution < 1.29 is 27.1 Å². The Morgan fingerprint density at radius 1 is 1.19 bits per heavy atom. The Bertz CT molecular complexity index is 1530. The van der Waals surface area contributed by atoms with Crippen LogP contribution in [-0.4, -0.2) is 21.5 Å². The summed E-state index contributed by atoms with van der Waals surface area (Å²) in [5.74, 6) is -1.11. The van der Waals surface area contributed by atoms with Crippen molar-refractivity contribution in [2.24, 2.45) is 0 Å². The fraction of sp³-hybridized carbons (Fsp3) is 0.231. The fourth-order valence-electron chi connectivity index (χ4n) is 4.28. The second-order valence-corrected chi connectivity index (χ2v) is 9.75. The number of benzene rings is 3. The van der Waals surface area contributed by atoms with Crippen molar-refractivity contribution in [3.8, 4) is 5.75 Å². The van der Waals surface area contributed by atoms with Crippen LogP contribution in [0, 0.1) is 5.82 Å². The Balaban J connectivity index is 1.50. The van der Waals surface area contributed by atoms with Crippen LogP contribution in [0.1, 0.15) is 40.9 Å². The molecule has 1 amide bonds. The van der Waals surface area contributed by atoms with Gasteiger partial charge in [-0.05, 0) is 49.7 Å². The Morgan fingerprint density at radius 3 is 2.68 bits per heavy atom. The number of anilines is 2. The van der Waals surface area contributed by atoms with E-state index in [0.29, 0.717) is 58.7 Å². The third-order valence-electron chi connectivity index (χ3n) is 6.00. The second-order valence-electron chi connectivity index (χ2n) is 9.34. The van der Waals surface area contributed by atoms with Gasteiger partial charge < -0.3 is 20.4 Å². The molecule has 192 valence electrons. The van der Waals surface area contributed by atoms with Crippen molar-refractivity contribution in [1.82, 2.24) is 9.97 Å². The zero-order valence-electron chi connectivity index (χ0n) is 19.7. The first-order valence-corrected chi connectivity index (χ1v) is 11.7. The third-order valence-corrected chi connectivity index (χ3v) is 6.37. The number of carbonyl (C=O) groups excluding carboxylic acids is 1. The van der Waals surface area contributed by atoms with Crippen molar-refractivity contribution in [3.05, 3.63) is 81.6 Å². The van der Waals surface area contributed by atoms with Gasteiger partial charge in [0.2, 0.25) is 5.95 Å². The molecule has 0 bridgehead atoms. The van der Waals surface area contributed by atoms with E-state index in [-0.39, 0.29) is 11.3 Å². The van der Waals surface area contributed by atoms with E-state index in [9.17, 15) is 22.4 Å². The van der Waals surface area contributed by atoms with Crippen molar-refractivity contribution in [2.45, 2.75) is 38.6 Å². The summed E-state index contributed by atoms with van der Waals surface area (Å²) in [6, 6.07) is 10.7. The van der Waals surface area contributed by atoms with Gasteiger partial charge in [0.25, 0.3) is 5.91 Å². The van der Waals surface area contributed by atoms with Gasteiger partial charge in [-0.2, -0.15) is 13.2 Å². The first-order chi connectivity index (χ1) is 17.4. The zero-order chi connectivity index (χ0) is 26.5. The first-order valence-electron chi connectivity index (χ1n) is 11.3. The maximum atomic E-state index is 14.3. The van der Waals surface area contributed by atoms with E-state index in [1.54, 1.807) is 6.07 Å². The molecule has 0 aliphatic carbocycles. The van der Waals surface area contributed by atoms with Gasteiger partial charge in [-0.25, -0.2) is 9.37 Å². The lowest BCUT2D eigenvalue weighted by molar-refractivity contribution is -0.137. The highest BCUT2D eigenvalue weighted by atomic mass is 35.5. The average molecular weight is 533 g/mol. The van der Waals surface area contributed by atoms with Crippen LogP contribution in [0.3, 0.4) is 0 Å². The van der Waals surface area contributed by atoms with Gasteiger partial charge in [0.15, 0.2) is 0 Å². The number of halogens is 5. The number of rotatable bonds is 5. The number of hydrogen-bond acceptors (Lipinski definition) is 4. The van der Waals surface area contributed by atoms with Crippen molar-refractivity contribution in [2.75, 3.05) is 10.6 Å². The van der Waals surface area contributed by atoms with E-state index < -0.39 is 34.8 Å². The molecule has 6 nitrogen and oxygen atoms in total. The van der Waals surface area contributed by atoms with Gasteiger partial charge in [0, 0.05) is 23.6 Å². The maximum Gasteiger partial charge on any atom is 0.416 e. The van der Waals surface area contributed by atoms with E-state index in [1.165, 1.54) is 6.07 Å². The molecule has 5 rings (SSSR count). The predicted molar refractivity (Wildman–Crippen MR) is 133 cm³/mol. The molecule has 11 heteroatoms. The molecular formula is C26H21ClF4N4O2. The number of alkyl halides is 3. The Morgan fingerprint density at radius 2 is 1.95 bits per heavy atom. The molecule has 1 aromatic heterocycles. The highest BCUT2D eigenvalue weighted by Crippen LogP contribution is 2.42. The molecule has 1 aliphatic rings. The molecule has 0 spiro atoms. The number of amides is 1. The minimum atomic E-state index is -4.69. The highest BCUT2D eigenvalue weighted by molar-refractivity contribution is 6.31. The number of nitrogens with one attached hydrogen (secondary N) is 3. The Kier molecular flexibility index (Phi) is 6.02. The second kappa shape index (κ2) is 8.95. The van der Waals surface area contributed by atoms with E-state index >= 15 is 0 Å². The van der Waals surface area contributed by atoms with Gasteiger partial charge in [-0.15, -0.1) is 0 Å². The number of imidazole rings is 1. The minimum Gasteiger partial charge on any atom is -0.486 e. The lowest BCUT2D eigenvalue weighted by atomic mass is 9.98. The largest absolute Gasteiger partial charge is 0.486 e. The molecule has 37 heavy (non-hydrogen) atoms. The van der Waals surface area contributed by atoms with E-state index in [2.05, 4.69) is 20.6 Å². The first kappa shape index (κ1) is 24.9. The highest BCUT2D eigenvalue weighted by Gasteiger charge is 2.36. The molecular weight excluding hydrogens is 512 g/mol. The third kappa shape index (κ3) is 4.93. The molecule has 0 unspecified atom stereocenters. The van der Waals surface area contributed by atoms with Crippen LogP contribution in [0.15, 0.2) is 48.5 Å². The summed E-state index contributed by atoms with van der Waals surface area (Å²) < 4.78 is 59.7. The van der Waals surface area contributed by atoms with Crippen LogP contribution in [0.4, 0.5) is 29.2 Å². The normalized spacial score (nSPS) is 14.4. The molecule has 3 aromatic carbocycles. The number of carbonyl (C=O) groups is 1. The number of hydrogen-bond donors (Lipinski definition) is 3. The number of fused-ring (bicyclic) bond motifs is 3. The van der Waals surface area contributed by atoms with Crippen LogP contribution in [0.25, 0.3) is 11.0 Å². The molecule has 0 saturated carbocycles. The van der Waals surface area contributed by atoms with Crippen LogP contribution < -0.4 is 15.4 Å². The standard InChI is InChI=1S/C26H21ClF4N4O2/c1-25(2)11-16-21-20(34-24(35-21)32-12-13-5-3-4-6-17(13)27)10-15(22(16)37-25)23(36)33-19-9-14(26(29,30)31)7-8-18(19)28/h3-10H,11-12H2,1-2H3,(H,33,36)(H2,32,34,35). The van der Waals surface area contributed by atoms with Crippen molar-refractivity contribution >= 4 is 40.2 Å². The smallest absolute Gasteiger partial charge is 0.416 e. The maximum absolute atomic E-state index is 14.3. The molecule has 2 heterocycles. The van der Waals surface area contributed by atoms with E-state index in [1.807, 2.05) is 32.0 Å². The summed E-state index contributed by atoms with van der Waals surface area (Å²) in [6.45, 7) is 4.09. The summed E-state index contributed by atoms with van der Waals surface area (Å²) in [5, 5.41) is 6.03. The Labute approximate surface area is 214 Å². The van der Waals surface area contributed by atoms with Crippen LogP contribution >= 0.6 is 11.6 Å². The number of nitrogens with zero attached hydrogens (tertiary/aromatic N) is 1. The number of aromatic nitrogens is 2. The van der Waals surface area contributed by atoms with Gasteiger partial charge >= 0.3 is 6.18 Å². The summed E-state index contributed by atoms with van der Waals surface area (Å²) >= 11 is 6.22. The number of aromatic amines is 1. The molecule has 0 radical (unpaired) electrons. The Hall–Kier alpha value is -3.79. The van der Waals surface area contributed by atoms with E-state index in [0.717, 1.165) is 5.56 Å². The van der Waals surface area contributed by atoms with Gasteiger partial charge in [0.05, 0.1) is 27.8 Å². The number of ether oxygens (including phenoxy) is 1. The minimum absolute atomic E-state index is 0.0361. The molecule has 3 N–H and O–H groups in total. The van der Waals surface area contributed by atoms with Crippen LogP contribution in [0.5, 0.6) is 5.75 Å². The lowest BCUT2D eigenvalue weighted by Gasteiger charge is -2.18. The average Bonchev–Trinajstić information content (AvgIpc) is 3.37. The summed E-state index contributed by atoms with van der Waals surface area (Å²) in [5.41, 5.74) is 0.370. The molecule has 0 atom stereocenters. The monoisotopic (exact) mass is 532 g/mol. The van der Waals surface area contributed by atoms with Gasteiger partial charge in [0.1, 0.15) is 17.2 Å². The SMILES string of the molecule is CC1(C)Cc2c(c(C(=O)Nc3cc(C(F)(F)F)ccc3F)cc3nc(NCc4ccccc4Cl)[nH]c23)O1. The van der Waals surface area contributed by atoms with E-state index in [4.69, 9.17) is 16.3 Å². The van der Waals surface area contributed by atoms with Gasteiger partial charge in [-0.3, -0.25) is 4.79 Å². The predicted octanol–water partition coefficient (Wildman–Crippen LogP) is 6.95. The summed E-state index contributed by atoms with van der Waals surface area (Å²) in [4.78, 5) is 20.9. The quantitative estimate of drug-likeness (QED) is 0.243. The van der Waals surface area contributed by atoms with Crippen molar-refractivity contribution in [1.29, 1.82) is 0 Å². The van der Waals surface area contributed by atoms with Gasteiger partial charge in [-0.1, -0.05) is 29.8 Å². The molecule has 4 aromatic rings. The number of H-pyrrole nitrogens is 1. The van der Waals surface area contributed by atoms with Crippen LogP contribution in [-0.2, 0) is 19.1 Å². The fourth-order valence-corrected chi connectivity index (χ4v) is 4.49. The molecule has 0 fully saturated rings. The summed E-state index contributed by atoms with van der Waals surface area (Å²) in [6.07, 6.45) is -4.24. The summed E-state index contributed by atoms with van der Waals surface area (Å²) in [7, 11) is 0. The van der Waals surface area contributed by atoms with Crippen LogP contribution in [0.2, 0.25) is 5.02 Å². The molecule has 1 aliphatic heterocycles. The topological polar surface area (TPSA) is 79.0 Å². The zero-order valence-corrected chi connectivity index (χ0v) is 20.4.